The van der Waals surface area contributed by atoms with Gasteiger partial charge in [0.2, 0.25) is 5.91 Å². The van der Waals surface area contributed by atoms with E-state index in [9.17, 15) is 9.59 Å². The highest BCUT2D eigenvalue weighted by atomic mass is 79.9. The molecule has 0 radical (unpaired) electrons. The zero-order valence-corrected chi connectivity index (χ0v) is 16.9. The third-order valence-electron chi connectivity index (χ3n) is 4.53. The number of amides is 1. The van der Waals surface area contributed by atoms with Crippen molar-refractivity contribution in [1.82, 2.24) is 14.3 Å². The van der Waals surface area contributed by atoms with Gasteiger partial charge in [0, 0.05) is 28.5 Å². The van der Waals surface area contributed by atoms with Crippen molar-refractivity contribution in [1.29, 1.82) is 0 Å². The highest BCUT2D eigenvalue weighted by molar-refractivity contribution is 9.10. The molecule has 1 N–H and O–H groups in total. The average Bonchev–Trinajstić information content (AvgIpc) is 3.34. The Kier molecular flexibility index (Phi) is 5.13. The summed E-state index contributed by atoms with van der Waals surface area (Å²) < 4.78 is 4.60. The van der Waals surface area contributed by atoms with Crippen LogP contribution in [-0.2, 0) is 17.9 Å². The van der Waals surface area contributed by atoms with Gasteiger partial charge in [0.05, 0.1) is 17.6 Å². The number of nitrogens with zero attached hydrogens (tertiary/aromatic N) is 2. The van der Waals surface area contributed by atoms with Gasteiger partial charge >= 0.3 is 0 Å². The molecule has 1 aromatic carbocycles. The van der Waals surface area contributed by atoms with Gasteiger partial charge in [-0.2, -0.15) is 0 Å². The van der Waals surface area contributed by atoms with Crippen LogP contribution in [0.3, 0.4) is 0 Å². The molecule has 1 amide bonds. The topological polar surface area (TPSA) is 55.5 Å². The van der Waals surface area contributed by atoms with E-state index in [1.807, 2.05) is 58.4 Å². The predicted octanol–water partition coefficient (Wildman–Crippen LogP) is 4.17. The van der Waals surface area contributed by atoms with Crippen molar-refractivity contribution in [2.75, 3.05) is 0 Å². The first-order valence-electron chi connectivity index (χ1n) is 8.72. The smallest absolute Gasteiger partial charge is 0.275 e. The predicted molar refractivity (Wildman–Crippen MR) is 112 cm³/mol. The zero-order chi connectivity index (χ0) is 18.8. The van der Waals surface area contributed by atoms with Crippen LogP contribution < -0.4 is 10.9 Å². The largest absolute Gasteiger partial charge is 0.351 e. The molecule has 0 spiro atoms. The number of fused-ring (bicyclic) bond motifs is 3. The number of carbonyl (C=O) groups is 1. The summed E-state index contributed by atoms with van der Waals surface area (Å²) in [5, 5.41) is 4.93. The van der Waals surface area contributed by atoms with E-state index in [4.69, 9.17) is 0 Å². The number of nitrogens with one attached hydrogen (secondary N) is 1. The van der Waals surface area contributed by atoms with Crippen LogP contribution in [0.2, 0.25) is 0 Å². The van der Waals surface area contributed by atoms with Gasteiger partial charge < -0.3 is 14.3 Å². The second kappa shape index (κ2) is 7.70. The molecule has 27 heavy (non-hydrogen) atoms. The third-order valence-corrected chi connectivity index (χ3v) is 5.90. The normalized spacial score (nSPS) is 11.3. The quantitative estimate of drug-likeness (QED) is 0.485. The lowest BCUT2D eigenvalue weighted by atomic mass is 10.2. The van der Waals surface area contributed by atoms with E-state index in [-0.39, 0.29) is 11.5 Å². The Morgan fingerprint density at radius 3 is 2.81 bits per heavy atom. The van der Waals surface area contributed by atoms with Gasteiger partial charge in [0.25, 0.3) is 5.56 Å². The van der Waals surface area contributed by atoms with Gasteiger partial charge in [0.1, 0.15) is 5.52 Å². The van der Waals surface area contributed by atoms with Crippen LogP contribution >= 0.6 is 27.3 Å². The second-order valence-electron chi connectivity index (χ2n) is 6.31. The molecular weight excluding hydrogens is 426 g/mol. The molecule has 0 aliphatic carbocycles. The van der Waals surface area contributed by atoms with Crippen molar-refractivity contribution in [2.45, 2.75) is 25.9 Å². The summed E-state index contributed by atoms with van der Waals surface area (Å²) in [7, 11) is 0. The van der Waals surface area contributed by atoms with Crippen molar-refractivity contribution < 1.29 is 4.79 Å². The molecule has 5 nitrogen and oxygen atoms in total. The van der Waals surface area contributed by atoms with Crippen molar-refractivity contribution in [3.63, 3.8) is 0 Å². The molecule has 0 aliphatic heterocycles. The maximum Gasteiger partial charge on any atom is 0.275 e. The summed E-state index contributed by atoms with van der Waals surface area (Å²) >= 11 is 5.11. The zero-order valence-electron chi connectivity index (χ0n) is 14.5. The fourth-order valence-electron chi connectivity index (χ4n) is 3.24. The number of hydrogen-bond acceptors (Lipinski definition) is 3. The van der Waals surface area contributed by atoms with Crippen LogP contribution in [0.1, 0.15) is 17.7 Å². The van der Waals surface area contributed by atoms with Crippen molar-refractivity contribution in [2.24, 2.45) is 0 Å². The summed E-state index contributed by atoms with van der Waals surface area (Å²) in [6.07, 6.45) is 2.89. The molecule has 0 saturated carbocycles. The molecule has 7 heteroatoms. The van der Waals surface area contributed by atoms with Crippen LogP contribution in [0, 0.1) is 0 Å². The van der Waals surface area contributed by atoms with Crippen LogP contribution in [0.4, 0.5) is 0 Å². The Balaban J connectivity index is 1.52. The average molecular weight is 444 g/mol. The minimum Gasteiger partial charge on any atom is -0.351 e. The fourth-order valence-corrected chi connectivity index (χ4v) is 4.23. The standard InChI is InChI=1S/C20H18BrN3O2S/c21-14-7-8-16-18(12-14)24(20(26)17-5-1-9-23(16)17)10-2-6-19(25)22-13-15-4-3-11-27-15/h1,3-5,7-9,11-12H,2,6,10,13H2,(H,22,25). The van der Waals surface area contributed by atoms with Gasteiger partial charge in [-0.3, -0.25) is 9.59 Å². The van der Waals surface area contributed by atoms with Crippen LogP contribution in [0.25, 0.3) is 16.6 Å². The number of aryl methyl sites for hydroxylation is 1. The number of thiophene rings is 1. The van der Waals surface area contributed by atoms with Crippen molar-refractivity contribution in [3.8, 4) is 0 Å². The van der Waals surface area contributed by atoms with E-state index in [1.54, 1.807) is 15.9 Å². The highest BCUT2D eigenvalue weighted by Crippen LogP contribution is 2.20. The van der Waals surface area contributed by atoms with E-state index in [1.165, 1.54) is 0 Å². The third kappa shape index (κ3) is 3.70. The van der Waals surface area contributed by atoms with Gasteiger partial charge in [-0.05, 0) is 48.2 Å². The molecule has 0 fully saturated rings. The van der Waals surface area contributed by atoms with Gasteiger partial charge in [-0.15, -0.1) is 11.3 Å². The Morgan fingerprint density at radius 1 is 1.11 bits per heavy atom. The molecule has 3 heterocycles. The van der Waals surface area contributed by atoms with Crippen LogP contribution in [0.5, 0.6) is 0 Å². The number of halogens is 1. The lowest BCUT2D eigenvalue weighted by Gasteiger charge is -2.13. The van der Waals surface area contributed by atoms with Gasteiger partial charge in [-0.25, -0.2) is 0 Å². The molecule has 0 aliphatic rings. The van der Waals surface area contributed by atoms with Crippen molar-refractivity contribution in [3.05, 3.63) is 73.7 Å². The molecule has 4 aromatic rings. The number of rotatable bonds is 6. The molecule has 0 saturated heterocycles. The molecule has 3 aromatic heterocycles. The SMILES string of the molecule is O=C(CCCn1c(=O)c2cccn2c2ccc(Br)cc21)NCc1cccs1. The van der Waals surface area contributed by atoms with E-state index < -0.39 is 0 Å². The fraction of sp³-hybridized carbons (Fsp3) is 0.200. The molecule has 0 unspecified atom stereocenters. The Labute approximate surface area is 168 Å². The minimum absolute atomic E-state index is 0.00528. The first-order chi connectivity index (χ1) is 13.1. The highest BCUT2D eigenvalue weighted by Gasteiger charge is 2.11. The first-order valence-corrected chi connectivity index (χ1v) is 10.4. The van der Waals surface area contributed by atoms with E-state index in [2.05, 4.69) is 21.2 Å². The molecule has 138 valence electrons. The van der Waals surface area contributed by atoms with Gasteiger partial charge in [-0.1, -0.05) is 22.0 Å². The molecule has 0 bridgehead atoms. The van der Waals surface area contributed by atoms with Gasteiger partial charge in [0.15, 0.2) is 0 Å². The summed E-state index contributed by atoms with van der Waals surface area (Å²) in [4.78, 5) is 26.1. The second-order valence-corrected chi connectivity index (χ2v) is 8.26. The Bertz CT molecular complexity index is 1160. The lowest BCUT2D eigenvalue weighted by molar-refractivity contribution is -0.121. The minimum atomic E-state index is -0.0374. The monoisotopic (exact) mass is 443 g/mol. The molecule has 4 rings (SSSR count). The maximum atomic E-state index is 12.9. The summed E-state index contributed by atoms with van der Waals surface area (Å²) in [6, 6.07) is 13.6. The Morgan fingerprint density at radius 2 is 2.00 bits per heavy atom. The van der Waals surface area contributed by atoms with E-state index in [0.29, 0.717) is 31.4 Å². The summed E-state index contributed by atoms with van der Waals surface area (Å²) in [6.45, 7) is 1.06. The number of benzene rings is 1. The summed E-state index contributed by atoms with van der Waals surface area (Å²) in [5.74, 6) is 0.00528. The van der Waals surface area contributed by atoms with Crippen LogP contribution in [0.15, 0.2) is 63.3 Å². The maximum absolute atomic E-state index is 12.9. The Hall–Kier alpha value is -2.38. The number of aromatic nitrogens is 2. The van der Waals surface area contributed by atoms with E-state index in [0.717, 1.165) is 20.4 Å². The van der Waals surface area contributed by atoms with Crippen LogP contribution in [-0.4, -0.2) is 14.9 Å². The molecular formula is C20H18BrN3O2S. The van der Waals surface area contributed by atoms with Crippen molar-refractivity contribution >= 4 is 49.7 Å². The first kappa shape index (κ1) is 18.0. The number of carbonyl (C=O) groups excluding carboxylic acids is 1. The van der Waals surface area contributed by atoms with E-state index >= 15 is 0 Å². The summed E-state index contributed by atoms with van der Waals surface area (Å²) in [5.41, 5.74) is 2.44. The number of hydrogen-bond donors (Lipinski definition) is 1. The lowest BCUT2D eigenvalue weighted by Crippen LogP contribution is -2.25. The molecule has 0 atom stereocenters.